The van der Waals surface area contributed by atoms with Crippen LogP contribution in [0.3, 0.4) is 0 Å². The average Bonchev–Trinajstić information content (AvgIpc) is 2.92. The summed E-state index contributed by atoms with van der Waals surface area (Å²) in [6.07, 6.45) is 1.22. The number of aromatic nitrogens is 1. The minimum absolute atomic E-state index is 0.405. The number of hydrogen-bond acceptors (Lipinski definition) is 4. The molecule has 1 unspecified atom stereocenters. The van der Waals surface area contributed by atoms with E-state index in [1.165, 1.54) is 6.42 Å². The second-order valence-corrected chi connectivity index (χ2v) is 4.47. The van der Waals surface area contributed by atoms with Crippen LogP contribution in [0.5, 0.6) is 0 Å². The van der Waals surface area contributed by atoms with Gasteiger partial charge in [-0.15, -0.1) is 0 Å². The maximum Gasteiger partial charge on any atom is 0.417 e. The molecule has 2 aromatic rings. The summed E-state index contributed by atoms with van der Waals surface area (Å²) in [6, 6.07) is 5.67. The van der Waals surface area contributed by atoms with Gasteiger partial charge in [-0.25, -0.2) is 4.79 Å². The highest BCUT2D eigenvalue weighted by molar-refractivity contribution is 5.76. The fourth-order valence-corrected chi connectivity index (χ4v) is 2.21. The van der Waals surface area contributed by atoms with E-state index in [4.69, 9.17) is 4.42 Å². The fraction of sp³-hybridized carbons (Fsp3) is 0.417. The Balaban J connectivity index is 1.73. The third kappa shape index (κ3) is 2.19. The van der Waals surface area contributed by atoms with Crippen LogP contribution in [0.2, 0.25) is 0 Å². The van der Waals surface area contributed by atoms with E-state index in [0.717, 1.165) is 30.8 Å². The molecule has 0 aliphatic carbocycles. The Morgan fingerprint density at radius 3 is 3.24 bits per heavy atom. The Bertz CT molecular complexity index is 566. The lowest BCUT2D eigenvalue weighted by atomic mass is 10.1. The molecule has 5 nitrogen and oxygen atoms in total. The number of anilines is 1. The zero-order valence-electron chi connectivity index (χ0n) is 9.45. The molecule has 1 saturated heterocycles. The third-order valence-corrected chi connectivity index (χ3v) is 3.18. The van der Waals surface area contributed by atoms with Crippen molar-refractivity contribution in [2.75, 3.05) is 25.0 Å². The van der Waals surface area contributed by atoms with Gasteiger partial charge in [0.05, 0.1) is 5.52 Å². The van der Waals surface area contributed by atoms with E-state index in [-0.39, 0.29) is 0 Å². The van der Waals surface area contributed by atoms with Crippen LogP contribution in [0, 0.1) is 5.92 Å². The number of fused-ring (bicyclic) bond motifs is 1. The number of nitrogens with one attached hydrogen (secondary N) is 3. The SMILES string of the molecule is O=c1[nH]c2ccc(NCC3CCNC3)cc2o1. The highest BCUT2D eigenvalue weighted by atomic mass is 16.4. The molecule has 0 spiro atoms. The molecule has 1 atom stereocenters. The van der Waals surface area contributed by atoms with Gasteiger partial charge in [0.1, 0.15) is 0 Å². The maximum absolute atomic E-state index is 11.0. The van der Waals surface area contributed by atoms with E-state index in [9.17, 15) is 4.79 Å². The van der Waals surface area contributed by atoms with Gasteiger partial charge in [-0.2, -0.15) is 0 Å². The number of oxazole rings is 1. The first-order valence-electron chi connectivity index (χ1n) is 5.89. The summed E-state index contributed by atoms with van der Waals surface area (Å²) in [4.78, 5) is 13.6. The molecule has 2 heterocycles. The van der Waals surface area contributed by atoms with Crippen LogP contribution in [0.4, 0.5) is 5.69 Å². The fourth-order valence-electron chi connectivity index (χ4n) is 2.21. The largest absolute Gasteiger partial charge is 0.417 e. The molecular formula is C12H15N3O2. The van der Waals surface area contributed by atoms with Crippen LogP contribution in [-0.4, -0.2) is 24.6 Å². The highest BCUT2D eigenvalue weighted by Gasteiger charge is 2.13. The Hall–Kier alpha value is -1.75. The molecule has 0 saturated carbocycles. The lowest BCUT2D eigenvalue weighted by Crippen LogP contribution is -2.17. The smallest absolute Gasteiger partial charge is 0.408 e. The Labute approximate surface area is 98.2 Å². The number of aromatic amines is 1. The van der Waals surface area contributed by atoms with Gasteiger partial charge in [-0.1, -0.05) is 0 Å². The van der Waals surface area contributed by atoms with Crippen LogP contribution in [0.15, 0.2) is 27.4 Å². The van der Waals surface area contributed by atoms with Crippen molar-refractivity contribution in [2.24, 2.45) is 5.92 Å². The summed E-state index contributed by atoms with van der Waals surface area (Å²) in [5, 5.41) is 6.71. The van der Waals surface area contributed by atoms with Crippen LogP contribution in [0.25, 0.3) is 11.1 Å². The molecule has 1 aromatic carbocycles. The van der Waals surface area contributed by atoms with Crippen LogP contribution >= 0.6 is 0 Å². The third-order valence-electron chi connectivity index (χ3n) is 3.18. The van der Waals surface area contributed by atoms with E-state index in [2.05, 4.69) is 15.6 Å². The van der Waals surface area contributed by atoms with E-state index >= 15 is 0 Å². The molecule has 1 fully saturated rings. The van der Waals surface area contributed by atoms with Crippen LogP contribution < -0.4 is 16.4 Å². The minimum atomic E-state index is -0.405. The molecule has 3 N–H and O–H groups in total. The van der Waals surface area contributed by atoms with E-state index < -0.39 is 5.76 Å². The second-order valence-electron chi connectivity index (χ2n) is 4.47. The molecule has 90 valence electrons. The van der Waals surface area contributed by atoms with Crippen molar-refractivity contribution in [1.82, 2.24) is 10.3 Å². The average molecular weight is 233 g/mol. The van der Waals surface area contributed by atoms with Crippen molar-refractivity contribution in [2.45, 2.75) is 6.42 Å². The molecule has 17 heavy (non-hydrogen) atoms. The summed E-state index contributed by atoms with van der Waals surface area (Å²) in [5.74, 6) is 0.279. The van der Waals surface area contributed by atoms with Crippen LogP contribution in [-0.2, 0) is 0 Å². The zero-order valence-corrected chi connectivity index (χ0v) is 9.45. The second kappa shape index (κ2) is 4.25. The van der Waals surface area contributed by atoms with Gasteiger partial charge < -0.3 is 15.1 Å². The predicted molar refractivity (Wildman–Crippen MR) is 66.3 cm³/mol. The lowest BCUT2D eigenvalue weighted by molar-refractivity contribution is 0.555. The zero-order chi connectivity index (χ0) is 11.7. The molecule has 3 rings (SSSR count). The van der Waals surface area contributed by atoms with Gasteiger partial charge in [-0.05, 0) is 37.6 Å². The summed E-state index contributed by atoms with van der Waals surface area (Å²) < 4.78 is 5.02. The molecule has 0 radical (unpaired) electrons. The summed E-state index contributed by atoms with van der Waals surface area (Å²) in [6.45, 7) is 3.14. The van der Waals surface area contributed by atoms with Gasteiger partial charge in [0.25, 0.3) is 0 Å². The van der Waals surface area contributed by atoms with E-state index in [0.29, 0.717) is 11.5 Å². The molecular weight excluding hydrogens is 218 g/mol. The van der Waals surface area contributed by atoms with E-state index in [1.807, 2.05) is 18.2 Å². The summed E-state index contributed by atoms with van der Waals surface area (Å²) in [5.41, 5.74) is 2.33. The van der Waals surface area contributed by atoms with Gasteiger partial charge in [0, 0.05) is 18.3 Å². The first-order valence-corrected chi connectivity index (χ1v) is 5.89. The van der Waals surface area contributed by atoms with E-state index in [1.54, 1.807) is 0 Å². The summed E-state index contributed by atoms with van der Waals surface area (Å²) >= 11 is 0. The standard InChI is InChI=1S/C12H15N3O2/c16-12-15-10-2-1-9(5-11(10)17-12)14-7-8-3-4-13-6-8/h1-2,5,8,13-14H,3-4,6-7H2,(H,15,16). The van der Waals surface area contributed by atoms with Crippen molar-refractivity contribution >= 4 is 16.8 Å². The quantitative estimate of drug-likeness (QED) is 0.743. The Morgan fingerprint density at radius 2 is 2.41 bits per heavy atom. The molecule has 1 aromatic heterocycles. The predicted octanol–water partition coefficient (Wildman–Crippen LogP) is 1.14. The van der Waals surface area contributed by atoms with Crippen molar-refractivity contribution in [1.29, 1.82) is 0 Å². The monoisotopic (exact) mass is 233 g/mol. The molecule has 5 heteroatoms. The van der Waals surface area contributed by atoms with Crippen molar-refractivity contribution < 1.29 is 4.42 Å². The number of rotatable bonds is 3. The molecule has 0 bridgehead atoms. The maximum atomic E-state index is 11.0. The van der Waals surface area contributed by atoms with Gasteiger partial charge in [0.2, 0.25) is 0 Å². The van der Waals surface area contributed by atoms with Crippen LogP contribution in [0.1, 0.15) is 6.42 Å². The topological polar surface area (TPSA) is 70.1 Å². The number of H-pyrrole nitrogens is 1. The minimum Gasteiger partial charge on any atom is -0.408 e. The summed E-state index contributed by atoms with van der Waals surface area (Å²) in [7, 11) is 0. The van der Waals surface area contributed by atoms with Crippen molar-refractivity contribution in [3.8, 4) is 0 Å². The van der Waals surface area contributed by atoms with Gasteiger partial charge in [-0.3, -0.25) is 4.98 Å². The van der Waals surface area contributed by atoms with Gasteiger partial charge >= 0.3 is 5.76 Å². The number of hydrogen-bond donors (Lipinski definition) is 3. The van der Waals surface area contributed by atoms with Crippen molar-refractivity contribution in [3.05, 3.63) is 28.7 Å². The molecule has 1 aliphatic rings. The molecule has 0 amide bonds. The highest BCUT2D eigenvalue weighted by Crippen LogP contribution is 2.17. The Morgan fingerprint density at radius 1 is 1.47 bits per heavy atom. The normalized spacial score (nSPS) is 19.9. The Kier molecular flexibility index (Phi) is 2.60. The van der Waals surface area contributed by atoms with Gasteiger partial charge in [0.15, 0.2) is 5.58 Å². The molecule has 1 aliphatic heterocycles. The van der Waals surface area contributed by atoms with Crippen molar-refractivity contribution in [3.63, 3.8) is 0 Å². The first-order chi connectivity index (χ1) is 8.31. The number of benzene rings is 1. The first kappa shape index (κ1) is 10.4. The lowest BCUT2D eigenvalue weighted by Gasteiger charge is -2.10.